The Morgan fingerprint density at radius 2 is 2.29 bits per heavy atom. The highest BCUT2D eigenvalue weighted by Gasteiger charge is 2.27. The van der Waals surface area contributed by atoms with Gasteiger partial charge in [0.25, 0.3) is 0 Å². The lowest BCUT2D eigenvalue weighted by Crippen LogP contribution is -2.45. The van der Waals surface area contributed by atoms with Gasteiger partial charge in [-0.2, -0.15) is 0 Å². The Bertz CT molecular complexity index is 651. The smallest absolute Gasteiger partial charge is 0.318 e. The molecule has 3 heterocycles. The molecule has 2 amide bonds. The number of rotatable bonds is 2. The molecule has 0 bridgehead atoms. The van der Waals surface area contributed by atoms with Gasteiger partial charge in [0, 0.05) is 31.2 Å². The van der Waals surface area contributed by atoms with Crippen molar-refractivity contribution in [2.75, 3.05) is 6.54 Å². The van der Waals surface area contributed by atoms with Crippen molar-refractivity contribution in [3.8, 4) is 0 Å². The van der Waals surface area contributed by atoms with E-state index < -0.39 is 0 Å². The number of carbonyl (C=O) groups excluding carboxylic acids is 1. The average Bonchev–Trinajstić information content (AvgIpc) is 2.95. The summed E-state index contributed by atoms with van der Waals surface area (Å²) in [5.74, 6) is 0.714. The molecule has 2 aromatic heterocycles. The minimum absolute atomic E-state index is 0.0498. The molecule has 2 aromatic rings. The van der Waals surface area contributed by atoms with Gasteiger partial charge in [0.05, 0.1) is 18.3 Å². The number of nitrogens with zero attached hydrogens (tertiary/aromatic N) is 4. The van der Waals surface area contributed by atoms with Gasteiger partial charge in [-0.3, -0.25) is 0 Å². The van der Waals surface area contributed by atoms with E-state index in [4.69, 9.17) is 0 Å². The topological polar surface area (TPSA) is 63.1 Å². The largest absolute Gasteiger partial charge is 0.348 e. The van der Waals surface area contributed by atoms with Gasteiger partial charge in [0.2, 0.25) is 0 Å². The lowest BCUT2D eigenvalue weighted by molar-refractivity contribution is 0.162. The maximum absolute atomic E-state index is 12.4. The van der Waals surface area contributed by atoms with Crippen molar-refractivity contribution in [1.29, 1.82) is 0 Å². The van der Waals surface area contributed by atoms with E-state index in [-0.39, 0.29) is 12.1 Å². The van der Waals surface area contributed by atoms with Gasteiger partial charge in [0.1, 0.15) is 5.82 Å². The molecule has 0 saturated carbocycles. The number of nitrogens with one attached hydrogen (secondary N) is 1. The van der Waals surface area contributed by atoms with Gasteiger partial charge in [-0.15, -0.1) is 0 Å². The summed E-state index contributed by atoms with van der Waals surface area (Å²) >= 11 is 0. The maximum atomic E-state index is 12.4. The lowest BCUT2D eigenvalue weighted by Gasteiger charge is -2.34. The first kappa shape index (κ1) is 13.6. The third-order valence-electron chi connectivity index (χ3n) is 3.86. The molecule has 0 fully saturated rings. The van der Waals surface area contributed by atoms with E-state index in [9.17, 15) is 4.79 Å². The van der Waals surface area contributed by atoms with Crippen LogP contribution >= 0.6 is 0 Å². The van der Waals surface area contributed by atoms with E-state index >= 15 is 0 Å². The molecule has 0 saturated heterocycles. The monoisotopic (exact) mass is 285 g/mol. The van der Waals surface area contributed by atoms with Gasteiger partial charge >= 0.3 is 6.03 Å². The van der Waals surface area contributed by atoms with Gasteiger partial charge < -0.3 is 14.8 Å². The first-order chi connectivity index (χ1) is 10.1. The predicted molar refractivity (Wildman–Crippen MR) is 78.6 cm³/mol. The van der Waals surface area contributed by atoms with Crippen LogP contribution in [0.5, 0.6) is 0 Å². The number of carbonyl (C=O) groups is 1. The van der Waals surface area contributed by atoms with Gasteiger partial charge in [-0.25, -0.2) is 14.8 Å². The van der Waals surface area contributed by atoms with E-state index in [2.05, 4.69) is 39.0 Å². The summed E-state index contributed by atoms with van der Waals surface area (Å²) in [6.07, 6.45) is 3.77. The Morgan fingerprint density at radius 3 is 3.10 bits per heavy atom. The number of aromatic nitrogens is 3. The number of aryl methyl sites for hydroxylation is 1. The Hall–Kier alpha value is -2.37. The molecular formula is C15H19N5O. The minimum atomic E-state index is -0.0498. The Balaban J connectivity index is 1.64. The summed E-state index contributed by atoms with van der Waals surface area (Å²) in [6, 6.07) is 5.94. The Kier molecular flexibility index (Phi) is 3.60. The minimum Gasteiger partial charge on any atom is -0.348 e. The highest BCUT2D eigenvalue weighted by molar-refractivity contribution is 5.74. The van der Waals surface area contributed by atoms with Gasteiger partial charge in [0.15, 0.2) is 0 Å². The first-order valence-corrected chi connectivity index (χ1v) is 7.13. The maximum Gasteiger partial charge on any atom is 0.318 e. The second kappa shape index (κ2) is 5.55. The molecule has 1 N–H and O–H groups in total. The molecule has 3 rings (SSSR count). The summed E-state index contributed by atoms with van der Waals surface area (Å²) in [4.78, 5) is 22.6. The van der Waals surface area contributed by atoms with Crippen LogP contribution in [-0.2, 0) is 13.1 Å². The third-order valence-corrected chi connectivity index (χ3v) is 3.86. The zero-order valence-electron chi connectivity index (χ0n) is 12.3. The highest BCUT2D eigenvalue weighted by atomic mass is 16.2. The van der Waals surface area contributed by atoms with Crippen LogP contribution in [0.2, 0.25) is 0 Å². The fraction of sp³-hybridized carbons (Fsp3) is 0.400. The van der Waals surface area contributed by atoms with Gasteiger partial charge in [-0.1, -0.05) is 0 Å². The molecule has 6 nitrogen and oxygen atoms in total. The van der Waals surface area contributed by atoms with Crippen LogP contribution in [0.4, 0.5) is 4.79 Å². The molecule has 0 aliphatic carbocycles. The second-order valence-corrected chi connectivity index (χ2v) is 5.25. The lowest BCUT2D eigenvalue weighted by atomic mass is 10.1. The third kappa shape index (κ3) is 2.74. The van der Waals surface area contributed by atoms with Crippen LogP contribution in [0.1, 0.15) is 30.2 Å². The zero-order valence-corrected chi connectivity index (χ0v) is 12.3. The van der Waals surface area contributed by atoms with Crippen LogP contribution < -0.4 is 5.32 Å². The molecule has 1 unspecified atom stereocenters. The quantitative estimate of drug-likeness (QED) is 0.916. The van der Waals surface area contributed by atoms with E-state index in [1.165, 1.54) is 5.69 Å². The molecular weight excluding hydrogens is 266 g/mol. The summed E-state index contributed by atoms with van der Waals surface area (Å²) in [7, 11) is 0. The number of fused-ring (bicyclic) bond motifs is 1. The molecule has 0 spiro atoms. The van der Waals surface area contributed by atoms with Crippen molar-refractivity contribution in [2.24, 2.45) is 0 Å². The number of hydrogen-bond donors (Lipinski definition) is 1. The summed E-state index contributed by atoms with van der Waals surface area (Å²) in [5, 5.41) is 2.94. The first-order valence-electron chi connectivity index (χ1n) is 7.13. The molecule has 21 heavy (non-hydrogen) atoms. The summed E-state index contributed by atoms with van der Waals surface area (Å²) < 4.78 is 2.20. The molecule has 0 radical (unpaired) electrons. The molecule has 1 aliphatic heterocycles. The van der Waals surface area contributed by atoms with Crippen molar-refractivity contribution in [3.63, 3.8) is 0 Å². The van der Waals surface area contributed by atoms with Crippen molar-refractivity contribution >= 4 is 6.03 Å². The molecule has 1 aliphatic rings. The number of hydrogen-bond acceptors (Lipinski definition) is 3. The van der Waals surface area contributed by atoms with Crippen molar-refractivity contribution in [1.82, 2.24) is 24.8 Å². The SMILES string of the molecule is Cc1nccc(CNC(=O)N2CCn3cccc3C2C)n1. The molecule has 0 aromatic carbocycles. The van der Waals surface area contributed by atoms with Crippen LogP contribution in [0, 0.1) is 6.92 Å². The van der Waals surface area contributed by atoms with Gasteiger partial charge in [-0.05, 0) is 32.0 Å². The van der Waals surface area contributed by atoms with E-state index in [1.54, 1.807) is 6.20 Å². The normalized spacial score (nSPS) is 17.4. The van der Waals surface area contributed by atoms with Crippen LogP contribution in [0.3, 0.4) is 0 Å². The van der Waals surface area contributed by atoms with Crippen LogP contribution in [-0.4, -0.2) is 32.0 Å². The zero-order chi connectivity index (χ0) is 14.8. The van der Waals surface area contributed by atoms with Crippen molar-refractivity contribution < 1.29 is 4.79 Å². The van der Waals surface area contributed by atoms with E-state index in [1.807, 2.05) is 24.0 Å². The predicted octanol–water partition coefficient (Wildman–Crippen LogP) is 1.87. The highest BCUT2D eigenvalue weighted by Crippen LogP contribution is 2.25. The number of amides is 2. The summed E-state index contributed by atoms with van der Waals surface area (Å²) in [6.45, 7) is 5.88. The standard InChI is InChI=1S/C15H19N5O/c1-11-14-4-3-7-19(14)8-9-20(11)15(21)17-10-13-5-6-16-12(2)18-13/h3-7,11H,8-10H2,1-2H3,(H,17,21). The van der Waals surface area contributed by atoms with Crippen molar-refractivity contribution in [2.45, 2.75) is 33.0 Å². The van der Waals surface area contributed by atoms with E-state index in [0.717, 1.165) is 18.8 Å². The fourth-order valence-corrected chi connectivity index (χ4v) is 2.73. The average molecular weight is 285 g/mol. The Labute approximate surface area is 123 Å². The molecule has 6 heteroatoms. The van der Waals surface area contributed by atoms with Crippen LogP contribution in [0.25, 0.3) is 0 Å². The van der Waals surface area contributed by atoms with E-state index in [0.29, 0.717) is 12.4 Å². The summed E-state index contributed by atoms with van der Waals surface area (Å²) in [5.41, 5.74) is 2.00. The number of urea groups is 1. The van der Waals surface area contributed by atoms with Crippen LogP contribution in [0.15, 0.2) is 30.6 Å². The van der Waals surface area contributed by atoms with Crippen molar-refractivity contribution in [3.05, 3.63) is 47.8 Å². The molecule has 1 atom stereocenters. The fourth-order valence-electron chi connectivity index (χ4n) is 2.73. The Morgan fingerprint density at radius 1 is 1.43 bits per heavy atom. The second-order valence-electron chi connectivity index (χ2n) is 5.25. The molecule has 110 valence electrons.